The second kappa shape index (κ2) is 12.1. The summed E-state index contributed by atoms with van der Waals surface area (Å²) in [6, 6.07) is 72.1. The third-order valence-corrected chi connectivity index (χ3v) is 12.3. The molecule has 0 N–H and O–H groups in total. The molecule has 0 amide bonds. The van der Waals surface area contributed by atoms with Crippen LogP contribution in [0.2, 0.25) is 0 Å². The monoisotopic (exact) mass is 698 g/mol. The zero-order chi connectivity index (χ0) is 36.7. The van der Waals surface area contributed by atoms with E-state index in [0.29, 0.717) is 0 Å². The maximum atomic E-state index is 2.46. The number of benzene rings is 10. The minimum absolute atomic E-state index is 0.136. The molecule has 0 unspecified atom stereocenters. The van der Waals surface area contributed by atoms with Gasteiger partial charge in [-0.25, -0.2) is 0 Å². The lowest BCUT2D eigenvalue weighted by molar-refractivity contribution is 0.661. The van der Waals surface area contributed by atoms with Gasteiger partial charge in [0.05, 0.1) is 0 Å². The lowest BCUT2D eigenvalue weighted by atomic mass is 9.80. The van der Waals surface area contributed by atoms with Crippen LogP contribution in [0.1, 0.15) is 25.0 Å². The molecule has 11 rings (SSSR count). The van der Waals surface area contributed by atoms with E-state index in [0.717, 1.165) is 0 Å². The Morgan fingerprint density at radius 2 is 0.782 bits per heavy atom. The molecular weight excluding hydrogens is 661 g/mol. The molecule has 0 spiro atoms. The van der Waals surface area contributed by atoms with Crippen LogP contribution < -0.4 is 0 Å². The molecule has 0 saturated carbocycles. The summed E-state index contributed by atoms with van der Waals surface area (Å²) >= 11 is 0. The Morgan fingerprint density at radius 3 is 1.51 bits per heavy atom. The summed E-state index contributed by atoms with van der Waals surface area (Å²) in [4.78, 5) is 0. The Morgan fingerprint density at radius 1 is 0.273 bits per heavy atom. The van der Waals surface area contributed by atoms with Crippen molar-refractivity contribution in [1.82, 2.24) is 0 Å². The van der Waals surface area contributed by atoms with E-state index in [4.69, 9.17) is 0 Å². The van der Waals surface area contributed by atoms with Gasteiger partial charge in [0, 0.05) is 5.41 Å². The number of rotatable bonds is 4. The van der Waals surface area contributed by atoms with Crippen LogP contribution in [-0.4, -0.2) is 0 Å². The fourth-order valence-corrected chi connectivity index (χ4v) is 9.74. The molecule has 1 aliphatic rings. The molecule has 55 heavy (non-hydrogen) atoms. The molecule has 0 radical (unpaired) electrons. The SMILES string of the molecule is CC1(C)c2cc(-c3cccc4ccccc34)ccc2-c2c1ccc1c(-c3c4ccccc4c(-c4ccccc4-c4ccccc4)c4ccccc34)cccc21. The predicted octanol–water partition coefficient (Wildman–Crippen LogP) is 15.3. The first kappa shape index (κ1) is 31.7. The maximum absolute atomic E-state index is 2.46. The van der Waals surface area contributed by atoms with Crippen LogP contribution in [0.5, 0.6) is 0 Å². The highest BCUT2D eigenvalue weighted by Gasteiger charge is 2.37. The van der Waals surface area contributed by atoms with E-state index in [9.17, 15) is 0 Å². The van der Waals surface area contributed by atoms with Crippen molar-refractivity contribution < 1.29 is 0 Å². The van der Waals surface area contributed by atoms with Crippen molar-refractivity contribution >= 4 is 43.1 Å². The minimum atomic E-state index is -0.136. The van der Waals surface area contributed by atoms with Crippen LogP contribution in [0, 0.1) is 0 Å². The van der Waals surface area contributed by atoms with Crippen LogP contribution in [0.3, 0.4) is 0 Å². The van der Waals surface area contributed by atoms with Gasteiger partial charge in [0.1, 0.15) is 0 Å². The predicted molar refractivity (Wildman–Crippen MR) is 236 cm³/mol. The smallest absolute Gasteiger partial charge is 0.0159 e. The van der Waals surface area contributed by atoms with Crippen molar-refractivity contribution in [3.05, 3.63) is 205 Å². The Hall–Kier alpha value is -6.76. The summed E-state index contributed by atoms with van der Waals surface area (Å²) in [6.45, 7) is 4.79. The van der Waals surface area contributed by atoms with Gasteiger partial charge in [0.25, 0.3) is 0 Å². The summed E-state index contributed by atoms with van der Waals surface area (Å²) in [6.07, 6.45) is 0. The highest BCUT2D eigenvalue weighted by molar-refractivity contribution is 6.25. The molecule has 0 saturated heterocycles. The Bertz CT molecular complexity index is 3100. The van der Waals surface area contributed by atoms with E-state index in [-0.39, 0.29) is 5.41 Å². The number of fused-ring (bicyclic) bond motifs is 8. The van der Waals surface area contributed by atoms with Crippen LogP contribution in [0.15, 0.2) is 194 Å². The molecular formula is C55H38. The minimum Gasteiger partial charge on any atom is -0.0622 e. The molecule has 0 heterocycles. The van der Waals surface area contributed by atoms with Crippen LogP contribution >= 0.6 is 0 Å². The Balaban J connectivity index is 1.15. The second-order valence-corrected chi connectivity index (χ2v) is 15.6. The lowest BCUT2D eigenvalue weighted by Gasteiger charge is -2.23. The van der Waals surface area contributed by atoms with Crippen molar-refractivity contribution in [2.24, 2.45) is 0 Å². The molecule has 0 atom stereocenters. The third-order valence-electron chi connectivity index (χ3n) is 12.3. The van der Waals surface area contributed by atoms with Gasteiger partial charge in [-0.2, -0.15) is 0 Å². The summed E-state index contributed by atoms with van der Waals surface area (Å²) in [5.41, 5.74) is 15.5. The van der Waals surface area contributed by atoms with E-state index >= 15 is 0 Å². The van der Waals surface area contributed by atoms with Crippen molar-refractivity contribution in [3.8, 4) is 55.6 Å². The fourth-order valence-electron chi connectivity index (χ4n) is 9.74. The molecule has 0 aromatic heterocycles. The van der Waals surface area contributed by atoms with Crippen LogP contribution in [0.25, 0.3) is 98.7 Å². The standard InChI is InChI=1S/C55H38/c1-55(2)50-33-32-41-43(28-15-29-44(41)54(50)49-31-30-37(34-51(49)55)40-27-14-19-36-18-6-7-20-38(36)40)53-47-25-12-10-23-45(47)52(46-24-11-13-26-48(46)53)42-22-9-8-21-39(42)35-16-4-3-5-17-35/h3-34H,1-2H3. The molecule has 0 fully saturated rings. The number of hydrogen-bond acceptors (Lipinski definition) is 0. The van der Waals surface area contributed by atoms with Crippen LogP contribution in [0.4, 0.5) is 0 Å². The first-order valence-corrected chi connectivity index (χ1v) is 19.4. The van der Waals surface area contributed by atoms with Crippen molar-refractivity contribution in [3.63, 3.8) is 0 Å². The van der Waals surface area contributed by atoms with E-state index in [1.807, 2.05) is 0 Å². The first-order chi connectivity index (χ1) is 27.1. The van der Waals surface area contributed by atoms with Crippen molar-refractivity contribution in [2.45, 2.75) is 19.3 Å². The molecule has 0 aliphatic heterocycles. The molecule has 0 nitrogen and oxygen atoms in total. The van der Waals surface area contributed by atoms with Gasteiger partial charge in [0.15, 0.2) is 0 Å². The summed E-state index contributed by atoms with van der Waals surface area (Å²) in [5.74, 6) is 0. The maximum Gasteiger partial charge on any atom is 0.0159 e. The normalized spacial score (nSPS) is 13.1. The molecule has 10 aromatic carbocycles. The van der Waals surface area contributed by atoms with Gasteiger partial charge in [-0.05, 0) is 116 Å². The molecule has 1 aliphatic carbocycles. The summed E-state index contributed by atoms with van der Waals surface area (Å²) in [7, 11) is 0. The van der Waals surface area contributed by atoms with E-state index in [2.05, 4.69) is 208 Å². The van der Waals surface area contributed by atoms with E-state index in [1.54, 1.807) is 0 Å². The molecule has 258 valence electrons. The van der Waals surface area contributed by atoms with Gasteiger partial charge in [-0.3, -0.25) is 0 Å². The Kier molecular flexibility index (Phi) is 7.00. The zero-order valence-corrected chi connectivity index (χ0v) is 31.0. The molecule has 10 aromatic rings. The Labute approximate surface area is 322 Å². The largest absolute Gasteiger partial charge is 0.0622 e. The van der Waals surface area contributed by atoms with E-state index < -0.39 is 0 Å². The van der Waals surface area contributed by atoms with Gasteiger partial charge in [-0.15, -0.1) is 0 Å². The van der Waals surface area contributed by atoms with Crippen LogP contribution in [-0.2, 0) is 5.41 Å². The second-order valence-electron chi connectivity index (χ2n) is 15.6. The average Bonchev–Trinajstić information content (AvgIpc) is 3.48. The quantitative estimate of drug-likeness (QED) is 0.161. The highest BCUT2D eigenvalue weighted by Crippen LogP contribution is 2.54. The van der Waals surface area contributed by atoms with Crippen molar-refractivity contribution in [1.29, 1.82) is 0 Å². The average molecular weight is 699 g/mol. The van der Waals surface area contributed by atoms with Gasteiger partial charge >= 0.3 is 0 Å². The molecule has 0 heteroatoms. The zero-order valence-electron chi connectivity index (χ0n) is 31.0. The lowest BCUT2D eigenvalue weighted by Crippen LogP contribution is -2.15. The topological polar surface area (TPSA) is 0 Å². The highest BCUT2D eigenvalue weighted by atomic mass is 14.4. The third kappa shape index (κ3) is 4.71. The van der Waals surface area contributed by atoms with Crippen molar-refractivity contribution in [2.75, 3.05) is 0 Å². The van der Waals surface area contributed by atoms with Gasteiger partial charge < -0.3 is 0 Å². The van der Waals surface area contributed by atoms with E-state index in [1.165, 1.54) is 110 Å². The van der Waals surface area contributed by atoms with Gasteiger partial charge in [-0.1, -0.05) is 202 Å². The first-order valence-electron chi connectivity index (χ1n) is 19.4. The molecule has 0 bridgehead atoms. The number of hydrogen-bond donors (Lipinski definition) is 0. The fraction of sp³-hybridized carbons (Fsp3) is 0.0545. The summed E-state index contributed by atoms with van der Waals surface area (Å²) < 4.78 is 0. The van der Waals surface area contributed by atoms with Gasteiger partial charge in [0.2, 0.25) is 0 Å². The summed E-state index contributed by atoms with van der Waals surface area (Å²) in [5, 5.41) is 10.2.